The van der Waals surface area contributed by atoms with Gasteiger partial charge in [0.1, 0.15) is 30.3 Å². The van der Waals surface area contributed by atoms with Gasteiger partial charge < -0.3 is 19.0 Å². The van der Waals surface area contributed by atoms with Crippen molar-refractivity contribution in [3.05, 3.63) is 52.4 Å². The summed E-state index contributed by atoms with van der Waals surface area (Å²) in [4.78, 5) is 12.8. The van der Waals surface area contributed by atoms with Gasteiger partial charge in [-0.1, -0.05) is 6.07 Å². The van der Waals surface area contributed by atoms with E-state index in [0.29, 0.717) is 47.0 Å². The van der Waals surface area contributed by atoms with Gasteiger partial charge in [0.05, 0.1) is 10.9 Å². The van der Waals surface area contributed by atoms with Crippen LogP contribution in [0.1, 0.15) is 5.76 Å². The first kappa shape index (κ1) is 13.7. The Balaban J connectivity index is 1.95. The minimum absolute atomic E-state index is 0.0622. The number of phenolic OH excluding ortho intramolecular Hbond substituents is 1. The largest absolute Gasteiger partial charge is 0.508 e. The topological polar surface area (TPSA) is 68.9 Å². The van der Waals surface area contributed by atoms with E-state index in [9.17, 15) is 9.90 Å². The second-order valence-corrected chi connectivity index (χ2v) is 5.40. The summed E-state index contributed by atoms with van der Waals surface area (Å²) in [6.07, 6.45) is 0. The van der Waals surface area contributed by atoms with E-state index in [1.54, 1.807) is 25.1 Å². The van der Waals surface area contributed by atoms with E-state index < -0.39 is 0 Å². The van der Waals surface area contributed by atoms with Crippen molar-refractivity contribution < 1.29 is 19.0 Å². The average molecular weight is 310 g/mol. The second-order valence-electron chi connectivity index (χ2n) is 5.40. The van der Waals surface area contributed by atoms with Crippen LogP contribution in [0, 0.1) is 6.92 Å². The predicted molar refractivity (Wildman–Crippen MR) is 85.3 cm³/mol. The SMILES string of the molecule is Cc1oc2cc(O)ccc2c(=O)c1-c1ccc2c(c1)OCCO2. The fourth-order valence-corrected chi connectivity index (χ4v) is 2.83. The molecule has 0 amide bonds. The van der Waals surface area contributed by atoms with Crippen LogP contribution in [0.3, 0.4) is 0 Å². The molecule has 0 aliphatic carbocycles. The lowest BCUT2D eigenvalue weighted by Gasteiger charge is -2.19. The van der Waals surface area contributed by atoms with E-state index in [1.165, 1.54) is 12.1 Å². The molecule has 3 aromatic rings. The summed E-state index contributed by atoms with van der Waals surface area (Å²) in [7, 11) is 0. The van der Waals surface area contributed by atoms with Gasteiger partial charge >= 0.3 is 0 Å². The molecular weight excluding hydrogens is 296 g/mol. The van der Waals surface area contributed by atoms with Gasteiger partial charge in [0.2, 0.25) is 5.43 Å². The van der Waals surface area contributed by atoms with Crippen LogP contribution in [-0.2, 0) is 0 Å². The van der Waals surface area contributed by atoms with E-state index in [2.05, 4.69) is 0 Å². The zero-order chi connectivity index (χ0) is 16.0. The standard InChI is InChI=1S/C18H14O5/c1-10-17(11-2-5-14-16(8-11)22-7-6-21-14)18(20)13-4-3-12(19)9-15(13)23-10/h2-5,8-9,19H,6-7H2,1H3. The lowest BCUT2D eigenvalue weighted by Crippen LogP contribution is -2.15. The highest BCUT2D eigenvalue weighted by Gasteiger charge is 2.17. The molecule has 0 spiro atoms. The van der Waals surface area contributed by atoms with Gasteiger partial charge in [0.15, 0.2) is 11.5 Å². The molecule has 0 unspecified atom stereocenters. The number of benzene rings is 2. The Morgan fingerprint density at radius 3 is 2.61 bits per heavy atom. The van der Waals surface area contributed by atoms with Gasteiger partial charge in [0, 0.05) is 6.07 Å². The molecule has 0 atom stereocenters. The number of phenols is 1. The van der Waals surface area contributed by atoms with Crippen LogP contribution in [0.2, 0.25) is 0 Å². The quantitative estimate of drug-likeness (QED) is 0.747. The van der Waals surface area contributed by atoms with Gasteiger partial charge in [-0.3, -0.25) is 4.79 Å². The third-order valence-electron chi connectivity index (χ3n) is 3.88. The van der Waals surface area contributed by atoms with Gasteiger partial charge in [-0.15, -0.1) is 0 Å². The third-order valence-corrected chi connectivity index (χ3v) is 3.88. The van der Waals surface area contributed by atoms with Crippen LogP contribution in [-0.4, -0.2) is 18.3 Å². The molecule has 0 saturated carbocycles. The van der Waals surface area contributed by atoms with Crippen LogP contribution >= 0.6 is 0 Å². The van der Waals surface area contributed by atoms with Gasteiger partial charge in [-0.2, -0.15) is 0 Å². The van der Waals surface area contributed by atoms with Crippen LogP contribution in [0.15, 0.2) is 45.6 Å². The molecule has 1 aliphatic rings. The number of ether oxygens (including phenoxy) is 2. The third kappa shape index (κ3) is 2.21. The highest BCUT2D eigenvalue weighted by atomic mass is 16.6. The van der Waals surface area contributed by atoms with Crippen molar-refractivity contribution in [2.45, 2.75) is 6.92 Å². The van der Waals surface area contributed by atoms with Crippen molar-refractivity contribution in [1.29, 1.82) is 0 Å². The van der Waals surface area contributed by atoms with E-state index in [1.807, 2.05) is 6.07 Å². The van der Waals surface area contributed by atoms with Gasteiger partial charge in [0.25, 0.3) is 0 Å². The molecule has 2 aromatic carbocycles. The molecule has 2 heterocycles. The second kappa shape index (κ2) is 5.05. The highest BCUT2D eigenvalue weighted by molar-refractivity contribution is 5.84. The fraction of sp³-hybridized carbons (Fsp3) is 0.167. The van der Waals surface area contributed by atoms with E-state index in [0.717, 1.165) is 5.56 Å². The maximum absolute atomic E-state index is 12.8. The van der Waals surface area contributed by atoms with Crippen LogP contribution in [0.25, 0.3) is 22.1 Å². The molecule has 1 N–H and O–H groups in total. The molecule has 1 aromatic heterocycles. The van der Waals surface area contributed by atoms with Gasteiger partial charge in [-0.05, 0) is 36.8 Å². The number of aryl methyl sites for hydroxylation is 1. The summed E-state index contributed by atoms with van der Waals surface area (Å²) in [5.74, 6) is 1.85. The monoisotopic (exact) mass is 310 g/mol. The summed E-state index contributed by atoms with van der Waals surface area (Å²) in [6, 6.07) is 9.89. The molecule has 0 bridgehead atoms. The molecule has 0 radical (unpaired) electrons. The molecule has 0 fully saturated rings. The van der Waals surface area contributed by atoms with Crippen molar-refractivity contribution in [2.24, 2.45) is 0 Å². The first-order valence-corrected chi connectivity index (χ1v) is 7.30. The minimum Gasteiger partial charge on any atom is -0.508 e. The van der Waals surface area contributed by atoms with Crippen LogP contribution in [0.5, 0.6) is 17.2 Å². The molecule has 116 valence electrons. The number of aromatic hydroxyl groups is 1. The van der Waals surface area contributed by atoms with Crippen molar-refractivity contribution in [1.82, 2.24) is 0 Å². The minimum atomic E-state index is -0.138. The lowest BCUT2D eigenvalue weighted by molar-refractivity contribution is 0.171. The van der Waals surface area contributed by atoms with Crippen molar-refractivity contribution in [2.75, 3.05) is 13.2 Å². The Bertz CT molecular complexity index is 971. The number of hydrogen-bond acceptors (Lipinski definition) is 5. The zero-order valence-electron chi connectivity index (χ0n) is 12.5. The Hall–Kier alpha value is -2.95. The molecule has 5 nitrogen and oxygen atoms in total. The Kier molecular flexibility index (Phi) is 3.01. The molecule has 5 heteroatoms. The normalized spacial score (nSPS) is 13.3. The first-order valence-electron chi connectivity index (χ1n) is 7.30. The van der Waals surface area contributed by atoms with E-state index in [-0.39, 0.29) is 11.2 Å². The Labute approximate surface area is 131 Å². The number of hydrogen-bond donors (Lipinski definition) is 1. The van der Waals surface area contributed by atoms with Gasteiger partial charge in [-0.25, -0.2) is 0 Å². The van der Waals surface area contributed by atoms with Crippen molar-refractivity contribution in [3.63, 3.8) is 0 Å². The molecule has 4 rings (SSSR count). The summed E-state index contributed by atoms with van der Waals surface area (Å²) in [5, 5.41) is 9.97. The molecular formula is C18H14O5. The Morgan fingerprint density at radius 2 is 1.78 bits per heavy atom. The smallest absolute Gasteiger partial charge is 0.200 e. The number of fused-ring (bicyclic) bond motifs is 2. The summed E-state index contributed by atoms with van der Waals surface area (Å²) in [5.41, 5.74) is 1.44. The molecule has 0 saturated heterocycles. The first-order chi connectivity index (χ1) is 11.1. The number of rotatable bonds is 1. The van der Waals surface area contributed by atoms with Crippen LogP contribution < -0.4 is 14.9 Å². The van der Waals surface area contributed by atoms with Crippen LogP contribution in [0.4, 0.5) is 0 Å². The summed E-state index contributed by atoms with van der Waals surface area (Å²) in [6.45, 7) is 2.74. The average Bonchev–Trinajstić information content (AvgIpc) is 2.54. The van der Waals surface area contributed by atoms with Crippen molar-refractivity contribution in [3.8, 4) is 28.4 Å². The lowest BCUT2D eigenvalue weighted by atomic mass is 10.0. The summed E-state index contributed by atoms with van der Waals surface area (Å²) >= 11 is 0. The molecule has 1 aliphatic heterocycles. The highest BCUT2D eigenvalue weighted by Crippen LogP contribution is 2.35. The fourth-order valence-electron chi connectivity index (χ4n) is 2.83. The molecule has 23 heavy (non-hydrogen) atoms. The maximum Gasteiger partial charge on any atom is 0.200 e. The van der Waals surface area contributed by atoms with Crippen molar-refractivity contribution >= 4 is 11.0 Å². The van der Waals surface area contributed by atoms with E-state index >= 15 is 0 Å². The predicted octanol–water partition coefficient (Wildman–Crippen LogP) is 3.25. The maximum atomic E-state index is 12.8. The zero-order valence-corrected chi connectivity index (χ0v) is 12.5. The van der Waals surface area contributed by atoms with E-state index in [4.69, 9.17) is 13.9 Å². The summed E-state index contributed by atoms with van der Waals surface area (Å²) < 4.78 is 16.8. The Morgan fingerprint density at radius 1 is 1.00 bits per heavy atom.